The van der Waals surface area contributed by atoms with Gasteiger partial charge in [-0.1, -0.05) is 12.1 Å². The average Bonchev–Trinajstić information content (AvgIpc) is 2.26. The largest absolute Gasteiger partial charge is 0.413 e. The Bertz CT molecular complexity index is 441. The molecule has 0 fully saturated rings. The molecule has 0 aromatic heterocycles. The van der Waals surface area contributed by atoms with Crippen LogP contribution in [0.2, 0.25) is 0 Å². The lowest BCUT2D eigenvalue weighted by molar-refractivity contribution is 0.180. The second-order valence-electron chi connectivity index (χ2n) is 5.83. The van der Waals surface area contributed by atoms with Crippen molar-refractivity contribution in [1.29, 1.82) is 0 Å². The highest BCUT2D eigenvalue weighted by Gasteiger charge is 2.15. The van der Waals surface area contributed by atoms with Crippen molar-refractivity contribution in [2.75, 3.05) is 13.7 Å². The van der Waals surface area contributed by atoms with E-state index in [4.69, 9.17) is 15.2 Å². The fourth-order valence-electron chi connectivity index (χ4n) is 1.75. The number of methoxy groups -OCH3 is 1. The van der Waals surface area contributed by atoms with E-state index in [1.807, 2.05) is 39.0 Å². The highest BCUT2D eigenvalue weighted by Crippen LogP contribution is 2.15. The molecule has 1 aromatic carbocycles. The van der Waals surface area contributed by atoms with Crippen molar-refractivity contribution in [3.8, 4) is 5.75 Å². The number of amides is 1. The van der Waals surface area contributed by atoms with Crippen LogP contribution in [0.15, 0.2) is 24.3 Å². The molecule has 1 rings (SSSR count). The topological polar surface area (TPSA) is 73.6 Å². The Morgan fingerprint density at radius 1 is 1.40 bits per heavy atom. The molecule has 0 spiro atoms. The third kappa shape index (κ3) is 6.54. The number of hydrogen-bond donors (Lipinski definition) is 2. The van der Waals surface area contributed by atoms with Gasteiger partial charge in [0.25, 0.3) is 0 Å². The molecule has 1 aromatic rings. The molecular weight excluding hydrogens is 256 g/mol. The third-order valence-electron chi connectivity index (χ3n) is 2.46. The van der Waals surface area contributed by atoms with E-state index in [9.17, 15) is 4.79 Å². The van der Waals surface area contributed by atoms with E-state index in [1.54, 1.807) is 13.2 Å². The number of nitrogens with two attached hydrogens (primary N) is 1. The molecule has 1 amide bonds. The lowest BCUT2D eigenvalue weighted by Crippen LogP contribution is -2.42. The number of nitrogens with one attached hydrogen (secondary N) is 1. The summed E-state index contributed by atoms with van der Waals surface area (Å²) in [4.78, 5) is 11.7. The second kappa shape index (κ2) is 7.26. The van der Waals surface area contributed by atoms with Crippen LogP contribution < -0.4 is 15.8 Å². The molecule has 0 aliphatic carbocycles. The molecular formula is C15H24N2O3. The molecule has 0 bridgehead atoms. The van der Waals surface area contributed by atoms with Gasteiger partial charge >= 0.3 is 6.09 Å². The van der Waals surface area contributed by atoms with E-state index in [0.29, 0.717) is 18.8 Å². The quantitative estimate of drug-likeness (QED) is 0.866. The van der Waals surface area contributed by atoms with Gasteiger partial charge in [-0.2, -0.15) is 0 Å². The van der Waals surface area contributed by atoms with E-state index in [-0.39, 0.29) is 11.6 Å². The number of benzene rings is 1. The minimum atomic E-state index is -0.462. The zero-order valence-electron chi connectivity index (χ0n) is 12.6. The van der Waals surface area contributed by atoms with Gasteiger partial charge in [-0.25, -0.2) is 4.79 Å². The van der Waals surface area contributed by atoms with E-state index in [2.05, 4.69) is 5.32 Å². The normalized spacial score (nSPS) is 12.8. The summed E-state index contributed by atoms with van der Waals surface area (Å²) >= 11 is 0. The molecule has 20 heavy (non-hydrogen) atoms. The fraction of sp³-hybridized carbons (Fsp3) is 0.533. The molecule has 0 aliphatic heterocycles. The molecule has 0 saturated carbocycles. The second-order valence-corrected chi connectivity index (χ2v) is 5.83. The van der Waals surface area contributed by atoms with Crippen LogP contribution in [0.3, 0.4) is 0 Å². The smallest absolute Gasteiger partial charge is 0.410 e. The van der Waals surface area contributed by atoms with Crippen molar-refractivity contribution in [3.63, 3.8) is 0 Å². The van der Waals surface area contributed by atoms with Crippen LogP contribution in [0.5, 0.6) is 5.75 Å². The maximum absolute atomic E-state index is 11.7. The molecule has 112 valence electrons. The van der Waals surface area contributed by atoms with Gasteiger partial charge in [0.15, 0.2) is 0 Å². The minimum absolute atomic E-state index is 0.0707. The Labute approximate surface area is 120 Å². The molecule has 0 heterocycles. The first-order chi connectivity index (χ1) is 9.30. The SMILES string of the molecule is COCC(N)Cc1cccc(OC(=O)NC(C)(C)C)c1. The summed E-state index contributed by atoms with van der Waals surface area (Å²) in [5.74, 6) is 0.508. The van der Waals surface area contributed by atoms with Gasteiger partial charge in [-0.05, 0) is 44.9 Å². The van der Waals surface area contributed by atoms with Crippen LogP contribution in [-0.2, 0) is 11.2 Å². The highest BCUT2D eigenvalue weighted by atomic mass is 16.6. The standard InChI is InChI=1S/C15H24N2O3/c1-15(2,3)17-14(18)20-13-7-5-6-11(9-13)8-12(16)10-19-4/h5-7,9,12H,8,10,16H2,1-4H3,(H,17,18). The van der Waals surface area contributed by atoms with Crippen LogP contribution in [0.4, 0.5) is 4.79 Å². The van der Waals surface area contributed by atoms with Gasteiger partial charge in [-0.3, -0.25) is 0 Å². The van der Waals surface area contributed by atoms with E-state index >= 15 is 0 Å². The summed E-state index contributed by atoms with van der Waals surface area (Å²) in [7, 11) is 1.62. The molecule has 0 radical (unpaired) electrons. The van der Waals surface area contributed by atoms with Crippen molar-refractivity contribution in [2.45, 2.75) is 38.8 Å². The molecule has 1 unspecified atom stereocenters. The van der Waals surface area contributed by atoms with Crippen molar-refractivity contribution in [1.82, 2.24) is 5.32 Å². The number of carbonyl (C=O) groups is 1. The van der Waals surface area contributed by atoms with Gasteiger partial charge in [-0.15, -0.1) is 0 Å². The number of ether oxygens (including phenoxy) is 2. The predicted molar refractivity (Wildman–Crippen MR) is 78.9 cm³/mol. The molecule has 0 aliphatic rings. The lowest BCUT2D eigenvalue weighted by Gasteiger charge is -2.20. The van der Waals surface area contributed by atoms with Crippen LogP contribution in [0.25, 0.3) is 0 Å². The van der Waals surface area contributed by atoms with Gasteiger partial charge in [0.05, 0.1) is 6.61 Å². The Kier molecular flexibility index (Phi) is 5.98. The minimum Gasteiger partial charge on any atom is -0.410 e. The van der Waals surface area contributed by atoms with Gasteiger partial charge in [0, 0.05) is 18.7 Å². The zero-order valence-corrected chi connectivity index (χ0v) is 12.6. The Balaban J connectivity index is 2.62. The van der Waals surface area contributed by atoms with Crippen molar-refractivity contribution < 1.29 is 14.3 Å². The molecule has 5 heteroatoms. The molecule has 5 nitrogen and oxygen atoms in total. The maximum atomic E-state index is 11.7. The third-order valence-corrected chi connectivity index (χ3v) is 2.46. The first-order valence-electron chi connectivity index (χ1n) is 6.63. The number of hydrogen-bond acceptors (Lipinski definition) is 4. The first-order valence-corrected chi connectivity index (χ1v) is 6.63. The van der Waals surface area contributed by atoms with Crippen molar-refractivity contribution in [3.05, 3.63) is 29.8 Å². The van der Waals surface area contributed by atoms with Crippen LogP contribution in [0, 0.1) is 0 Å². The Morgan fingerprint density at radius 2 is 2.10 bits per heavy atom. The summed E-state index contributed by atoms with van der Waals surface area (Å²) in [6, 6.07) is 7.28. The fourth-order valence-corrected chi connectivity index (χ4v) is 1.75. The summed E-state index contributed by atoms with van der Waals surface area (Å²) in [5.41, 5.74) is 6.59. The van der Waals surface area contributed by atoms with Crippen molar-refractivity contribution in [2.24, 2.45) is 5.73 Å². The van der Waals surface area contributed by atoms with Crippen LogP contribution in [0.1, 0.15) is 26.3 Å². The summed E-state index contributed by atoms with van der Waals surface area (Å²) in [5, 5.41) is 2.74. The molecule has 1 atom stereocenters. The van der Waals surface area contributed by atoms with E-state index in [0.717, 1.165) is 5.56 Å². The van der Waals surface area contributed by atoms with Gasteiger partial charge < -0.3 is 20.5 Å². The summed E-state index contributed by atoms with van der Waals surface area (Å²) in [6.07, 6.45) is 0.210. The summed E-state index contributed by atoms with van der Waals surface area (Å²) < 4.78 is 10.3. The van der Waals surface area contributed by atoms with Crippen LogP contribution >= 0.6 is 0 Å². The zero-order chi connectivity index (χ0) is 15.2. The summed E-state index contributed by atoms with van der Waals surface area (Å²) in [6.45, 7) is 6.19. The number of carbonyl (C=O) groups excluding carboxylic acids is 1. The molecule has 0 saturated heterocycles. The maximum Gasteiger partial charge on any atom is 0.413 e. The Hall–Kier alpha value is -1.59. The first kappa shape index (κ1) is 16.5. The van der Waals surface area contributed by atoms with Gasteiger partial charge in [0.2, 0.25) is 0 Å². The van der Waals surface area contributed by atoms with Crippen molar-refractivity contribution >= 4 is 6.09 Å². The van der Waals surface area contributed by atoms with E-state index < -0.39 is 6.09 Å². The van der Waals surface area contributed by atoms with E-state index in [1.165, 1.54) is 0 Å². The monoisotopic (exact) mass is 280 g/mol. The average molecular weight is 280 g/mol. The lowest BCUT2D eigenvalue weighted by atomic mass is 10.1. The predicted octanol–water partition coefficient (Wildman–Crippen LogP) is 2.09. The Morgan fingerprint density at radius 3 is 2.70 bits per heavy atom. The molecule has 3 N–H and O–H groups in total. The van der Waals surface area contributed by atoms with Gasteiger partial charge in [0.1, 0.15) is 5.75 Å². The van der Waals surface area contributed by atoms with Crippen LogP contribution in [-0.4, -0.2) is 31.4 Å². The highest BCUT2D eigenvalue weighted by molar-refractivity contribution is 5.71. The number of rotatable bonds is 5.